The topological polar surface area (TPSA) is 84.0 Å². The Labute approximate surface area is 122 Å². The van der Waals surface area contributed by atoms with Gasteiger partial charge in [-0.1, -0.05) is 30.3 Å². The van der Waals surface area contributed by atoms with E-state index in [0.717, 1.165) is 5.56 Å². The van der Waals surface area contributed by atoms with Crippen molar-refractivity contribution in [3.8, 4) is 0 Å². The molecule has 6 nitrogen and oxygen atoms in total. The molecule has 1 aromatic heterocycles. The zero-order valence-corrected chi connectivity index (χ0v) is 11.6. The summed E-state index contributed by atoms with van der Waals surface area (Å²) < 4.78 is 0. The van der Waals surface area contributed by atoms with E-state index in [2.05, 4.69) is 20.6 Å². The summed E-state index contributed by atoms with van der Waals surface area (Å²) in [5.41, 5.74) is 1.38. The number of amides is 2. The zero-order chi connectivity index (χ0) is 15.1. The molecule has 2 rings (SSSR count). The van der Waals surface area contributed by atoms with E-state index in [-0.39, 0.29) is 11.8 Å². The first kappa shape index (κ1) is 14.6. The molecule has 0 radical (unpaired) electrons. The lowest BCUT2D eigenvalue weighted by atomic mass is 10.1. The van der Waals surface area contributed by atoms with Crippen LogP contribution in [0.2, 0.25) is 0 Å². The molecule has 2 N–H and O–H groups in total. The Balaban J connectivity index is 2.06. The van der Waals surface area contributed by atoms with Crippen LogP contribution in [0.1, 0.15) is 24.2 Å². The van der Waals surface area contributed by atoms with Gasteiger partial charge >= 0.3 is 0 Å². The molecule has 108 valence electrons. The minimum atomic E-state index is -0.847. The predicted octanol–water partition coefficient (Wildman–Crippen LogP) is 0.970. The third-order valence-electron chi connectivity index (χ3n) is 2.80. The third-order valence-corrected chi connectivity index (χ3v) is 2.80. The van der Waals surface area contributed by atoms with Crippen molar-refractivity contribution in [1.29, 1.82) is 0 Å². The van der Waals surface area contributed by atoms with Crippen molar-refractivity contribution in [1.82, 2.24) is 20.6 Å². The first-order valence-electron chi connectivity index (χ1n) is 6.51. The summed E-state index contributed by atoms with van der Waals surface area (Å²) >= 11 is 0. The predicted molar refractivity (Wildman–Crippen MR) is 76.9 cm³/mol. The molecule has 2 amide bonds. The van der Waals surface area contributed by atoms with Gasteiger partial charge in [0.2, 0.25) is 11.8 Å². The lowest BCUT2D eigenvalue weighted by molar-refractivity contribution is -0.128. The fourth-order valence-corrected chi connectivity index (χ4v) is 1.82. The average Bonchev–Trinajstić information content (AvgIpc) is 2.52. The molecule has 0 unspecified atom stereocenters. The minimum absolute atomic E-state index is 0.305. The highest BCUT2D eigenvalue weighted by molar-refractivity contribution is 5.87. The molecular formula is C15H16N4O2. The van der Waals surface area contributed by atoms with Gasteiger partial charge in [0.1, 0.15) is 0 Å². The summed E-state index contributed by atoms with van der Waals surface area (Å²) in [6.45, 7) is 1.74. The lowest BCUT2D eigenvalue weighted by Gasteiger charge is -2.16. The monoisotopic (exact) mass is 284 g/mol. The second kappa shape index (κ2) is 7.14. The normalized spacial score (nSPS) is 11.5. The molecule has 0 aliphatic heterocycles. The Morgan fingerprint density at radius 3 is 2.57 bits per heavy atom. The summed E-state index contributed by atoms with van der Waals surface area (Å²) in [4.78, 5) is 31.5. The summed E-state index contributed by atoms with van der Waals surface area (Å²) in [6.07, 6.45) is 4.45. The summed E-state index contributed by atoms with van der Waals surface area (Å²) in [5, 5.41) is 5.36. The van der Waals surface area contributed by atoms with Crippen LogP contribution >= 0.6 is 0 Å². The van der Waals surface area contributed by atoms with Crippen LogP contribution in [-0.2, 0) is 16.1 Å². The van der Waals surface area contributed by atoms with Crippen LogP contribution in [-0.4, -0.2) is 21.8 Å². The van der Waals surface area contributed by atoms with Gasteiger partial charge in [-0.25, -0.2) is 0 Å². The van der Waals surface area contributed by atoms with Gasteiger partial charge in [0.15, 0.2) is 6.04 Å². The molecule has 0 spiro atoms. The fourth-order valence-electron chi connectivity index (χ4n) is 1.82. The van der Waals surface area contributed by atoms with Crippen molar-refractivity contribution in [2.75, 3.05) is 0 Å². The highest BCUT2D eigenvalue weighted by Crippen LogP contribution is 2.09. The molecule has 2 aromatic rings. The number of benzene rings is 1. The Hall–Kier alpha value is -2.76. The largest absolute Gasteiger partial charge is 0.350 e. The van der Waals surface area contributed by atoms with Gasteiger partial charge in [0.05, 0.1) is 11.9 Å². The van der Waals surface area contributed by atoms with Crippen molar-refractivity contribution in [3.05, 3.63) is 60.2 Å². The Morgan fingerprint density at radius 1 is 1.19 bits per heavy atom. The van der Waals surface area contributed by atoms with Gasteiger partial charge in [-0.15, -0.1) is 0 Å². The molecule has 1 atom stereocenters. The van der Waals surface area contributed by atoms with Gasteiger partial charge < -0.3 is 10.6 Å². The average molecular weight is 284 g/mol. The van der Waals surface area contributed by atoms with E-state index < -0.39 is 6.04 Å². The van der Waals surface area contributed by atoms with Crippen LogP contribution in [0.25, 0.3) is 0 Å². The second-order valence-corrected chi connectivity index (χ2v) is 4.47. The van der Waals surface area contributed by atoms with Gasteiger partial charge in [-0.05, 0) is 5.56 Å². The highest BCUT2D eigenvalue weighted by atomic mass is 16.2. The molecule has 0 aliphatic rings. The van der Waals surface area contributed by atoms with Gasteiger partial charge in [-0.2, -0.15) is 0 Å². The van der Waals surface area contributed by atoms with E-state index in [4.69, 9.17) is 0 Å². The van der Waals surface area contributed by atoms with Crippen LogP contribution in [0.5, 0.6) is 0 Å². The third kappa shape index (κ3) is 4.38. The van der Waals surface area contributed by atoms with E-state index in [1.165, 1.54) is 25.5 Å². The van der Waals surface area contributed by atoms with Crippen LogP contribution in [0, 0.1) is 0 Å². The molecule has 6 heteroatoms. The van der Waals surface area contributed by atoms with Crippen LogP contribution < -0.4 is 10.6 Å². The number of nitrogens with zero attached hydrogens (tertiary/aromatic N) is 2. The van der Waals surface area contributed by atoms with Crippen molar-refractivity contribution >= 4 is 11.8 Å². The molecule has 0 saturated carbocycles. The maximum absolute atomic E-state index is 12.3. The van der Waals surface area contributed by atoms with Crippen molar-refractivity contribution in [2.24, 2.45) is 0 Å². The van der Waals surface area contributed by atoms with Crippen LogP contribution in [0.4, 0.5) is 0 Å². The number of carbonyl (C=O) groups excluding carboxylic acids is 2. The number of carbonyl (C=O) groups is 2. The molecule has 0 aliphatic carbocycles. The van der Waals surface area contributed by atoms with Gasteiger partial charge in [-0.3, -0.25) is 19.6 Å². The number of hydrogen-bond acceptors (Lipinski definition) is 4. The fraction of sp³-hybridized carbons (Fsp3) is 0.200. The minimum Gasteiger partial charge on any atom is -0.350 e. The summed E-state index contributed by atoms with van der Waals surface area (Å²) in [7, 11) is 0. The van der Waals surface area contributed by atoms with E-state index in [1.54, 1.807) is 0 Å². The second-order valence-electron chi connectivity index (χ2n) is 4.47. The van der Waals surface area contributed by atoms with Gasteiger partial charge in [0, 0.05) is 25.9 Å². The van der Waals surface area contributed by atoms with Crippen molar-refractivity contribution in [2.45, 2.75) is 19.5 Å². The maximum Gasteiger partial charge on any atom is 0.249 e. The highest BCUT2D eigenvalue weighted by Gasteiger charge is 2.22. The van der Waals surface area contributed by atoms with E-state index in [1.807, 2.05) is 30.3 Å². The van der Waals surface area contributed by atoms with E-state index in [0.29, 0.717) is 12.2 Å². The molecule has 1 aromatic carbocycles. The first-order valence-corrected chi connectivity index (χ1v) is 6.51. The van der Waals surface area contributed by atoms with E-state index in [9.17, 15) is 9.59 Å². The van der Waals surface area contributed by atoms with Crippen LogP contribution in [0.15, 0.2) is 48.9 Å². The maximum atomic E-state index is 12.3. The smallest absolute Gasteiger partial charge is 0.249 e. The summed E-state index contributed by atoms with van der Waals surface area (Å²) in [5.74, 6) is -0.630. The van der Waals surface area contributed by atoms with Crippen molar-refractivity contribution < 1.29 is 9.59 Å². The molecule has 0 fully saturated rings. The molecule has 1 heterocycles. The zero-order valence-electron chi connectivity index (χ0n) is 11.6. The Kier molecular flexibility index (Phi) is 4.98. The standard InChI is InChI=1S/C15H16N4O2/c1-11(20)19-14(13-10-16-7-8-17-13)15(21)18-9-12-5-3-2-4-6-12/h2-8,10,14H,9H2,1H3,(H,18,21)(H,19,20)/t14-/m0/s1. The molecule has 0 saturated heterocycles. The quantitative estimate of drug-likeness (QED) is 0.857. The number of rotatable bonds is 5. The van der Waals surface area contributed by atoms with Gasteiger partial charge in [0.25, 0.3) is 0 Å². The van der Waals surface area contributed by atoms with E-state index >= 15 is 0 Å². The number of aromatic nitrogens is 2. The molecule has 0 bridgehead atoms. The SMILES string of the molecule is CC(=O)N[C@H](C(=O)NCc1ccccc1)c1cnccn1. The summed E-state index contributed by atoms with van der Waals surface area (Å²) in [6, 6.07) is 8.68. The van der Waals surface area contributed by atoms with Crippen LogP contribution in [0.3, 0.4) is 0 Å². The first-order chi connectivity index (χ1) is 10.2. The number of nitrogens with one attached hydrogen (secondary N) is 2. The molecular weight excluding hydrogens is 268 g/mol. The Morgan fingerprint density at radius 2 is 1.95 bits per heavy atom. The molecule has 21 heavy (non-hydrogen) atoms. The van der Waals surface area contributed by atoms with Crippen molar-refractivity contribution in [3.63, 3.8) is 0 Å². The Bertz CT molecular complexity index is 602. The number of hydrogen-bond donors (Lipinski definition) is 2. The lowest BCUT2D eigenvalue weighted by Crippen LogP contribution is -2.39.